The summed E-state index contributed by atoms with van der Waals surface area (Å²) in [5.41, 5.74) is -0.939. The van der Waals surface area contributed by atoms with E-state index in [-0.39, 0.29) is 18.6 Å². The molecule has 6 heteroatoms. The van der Waals surface area contributed by atoms with Gasteiger partial charge in [-0.25, -0.2) is 0 Å². The second-order valence-corrected chi connectivity index (χ2v) is 5.86. The van der Waals surface area contributed by atoms with Gasteiger partial charge in [-0.2, -0.15) is 0 Å². The Balaban J connectivity index is 2.28. The molecule has 1 aliphatic rings. The first-order valence-corrected chi connectivity index (χ1v) is 7.68. The van der Waals surface area contributed by atoms with Gasteiger partial charge in [-0.05, 0) is 39.0 Å². The van der Waals surface area contributed by atoms with Gasteiger partial charge in [0, 0.05) is 26.4 Å². The molecule has 0 heterocycles. The van der Waals surface area contributed by atoms with E-state index >= 15 is 0 Å². The summed E-state index contributed by atoms with van der Waals surface area (Å²) in [4.78, 5) is 11.7. The van der Waals surface area contributed by atoms with Crippen molar-refractivity contribution in [3.05, 3.63) is 0 Å². The van der Waals surface area contributed by atoms with Crippen molar-refractivity contribution in [2.75, 3.05) is 40.1 Å². The normalized spacial score (nSPS) is 17.9. The van der Waals surface area contributed by atoms with Gasteiger partial charge in [0.25, 0.3) is 0 Å². The SMILES string of the molecule is COCCOCCCOCC(NC(C)C)(C(=O)O)C1CC1. The molecule has 0 bridgehead atoms. The number of rotatable bonds is 13. The van der Waals surface area contributed by atoms with E-state index in [1.165, 1.54) is 0 Å². The molecule has 6 nitrogen and oxygen atoms in total. The third-order valence-corrected chi connectivity index (χ3v) is 3.54. The number of nitrogens with one attached hydrogen (secondary N) is 1. The minimum absolute atomic E-state index is 0.114. The standard InChI is InChI=1S/C15H29NO5/c1-12(2)16-15(14(17)18,13-5-6-13)11-21-8-4-7-20-10-9-19-3/h12-13,16H,4-11H2,1-3H3,(H,17,18). The lowest BCUT2D eigenvalue weighted by Gasteiger charge is -2.32. The largest absolute Gasteiger partial charge is 0.480 e. The quantitative estimate of drug-likeness (QED) is 0.499. The van der Waals surface area contributed by atoms with Gasteiger partial charge in [0.15, 0.2) is 0 Å². The average Bonchev–Trinajstić information content (AvgIpc) is 3.24. The summed E-state index contributed by atoms with van der Waals surface area (Å²) in [5, 5.41) is 12.8. The van der Waals surface area contributed by atoms with E-state index in [1.807, 2.05) is 13.8 Å². The summed E-state index contributed by atoms with van der Waals surface area (Å²) < 4.78 is 15.8. The summed E-state index contributed by atoms with van der Waals surface area (Å²) in [6.45, 7) is 6.41. The van der Waals surface area contributed by atoms with Crippen LogP contribution in [-0.2, 0) is 19.0 Å². The number of carboxylic acid groups (broad SMARTS) is 1. The van der Waals surface area contributed by atoms with Crippen LogP contribution in [0.2, 0.25) is 0 Å². The number of ether oxygens (including phenoxy) is 3. The molecule has 0 aromatic rings. The molecule has 1 rings (SSSR count). The Hall–Kier alpha value is -0.690. The van der Waals surface area contributed by atoms with Crippen molar-refractivity contribution in [3.8, 4) is 0 Å². The van der Waals surface area contributed by atoms with Crippen molar-refractivity contribution in [2.45, 2.75) is 44.7 Å². The Kier molecular flexibility index (Phi) is 8.18. The lowest BCUT2D eigenvalue weighted by atomic mass is 9.93. The van der Waals surface area contributed by atoms with E-state index in [9.17, 15) is 9.90 Å². The van der Waals surface area contributed by atoms with Crippen LogP contribution in [0.4, 0.5) is 0 Å². The second-order valence-electron chi connectivity index (χ2n) is 5.86. The van der Waals surface area contributed by atoms with Gasteiger partial charge < -0.3 is 19.3 Å². The highest BCUT2D eigenvalue weighted by Gasteiger charge is 2.51. The first-order chi connectivity index (χ1) is 10.0. The fourth-order valence-electron chi connectivity index (χ4n) is 2.41. The molecular weight excluding hydrogens is 274 g/mol. The van der Waals surface area contributed by atoms with Crippen LogP contribution in [0.15, 0.2) is 0 Å². The smallest absolute Gasteiger partial charge is 0.326 e. The van der Waals surface area contributed by atoms with E-state index in [4.69, 9.17) is 14.2 Å². The maximum Gasteiger partial charge on any atom is 0.326 e. The van der Waals surface area contributed by atoms with Crippen LogP contribution in [0, 0.1) is 5.92 Å². The fraction of sp³-hybridized carbons (Fsp3) is 0.933. The molecular formula is C15H29NO5. The Morgan fingerprint density at radius 3 is 2.43 bits per heavy atom. The predicted molar refractivity (Wildman–Crippen MR) is 79.5 cm³/mol. The minimum Gasteiger partial charge on any atom is -0.480 e. The highest BCUT2D eigenvalue weighted by molar-refractivity contribution is 5.80. The Morgan fingerprint density at radius 1 is 1.24 bits per heavy atom. The molecule has 0 aliphatic heterocycles. The van der Waals surface area contributed by atoms with Crippen LogP contribution in [0.1, 0.15) is 33.1 Å². The molecule has 1 unspecified atom stereocenters. The summed E-state index contributed by atoms with van der Waals surface area (Å²) in [7, 11) is 1.64. The van der Waals surface area contributed by atoms with Crippen molar-refractivity contribution in [2.24, 2.45) is 5.92 Å². The van der Waals surface area contributed by atoms with Gasteiger partial charge in [-0.3, -0.25) is 10.1 Å². The maximum atomic E-state index is 11.7. The molecule has 0 radical (unpaired) electrons. The lowest BCUT2D eigenvalue weighted by Crippen LogP contribution is -2.59. The van der Waals surface area contributed by atoms with Crippen LogP contribution < -0.4 is 5.32 Å². The molecule has 1 aliphatic carbocycles. The molecule has 0 amide bonds. The fourth-order valence-corrected chi connectivity index (χ4v) is 2.41. The topological polar surface area (TPSA) is 77.0 Å². The number of methoxy groups -OCH3 is 1. The first kappa shape index (κ1) is 18.4. The van der Waals surface area contributed by atoms with E-state index < -0.39 is 11.5 Å². The van der Waals surface area contributed by atoms with Crippen molar-refractivity contribution < 1.29 is 24.1 Å². The second kappa shape index (κ2) is 9.35. The van der Waals surface area contributed by atoms with Crippen LogP contribution in [0.5, 0.6) is 0 Å². The number of aliphatic carboxylic acids is 1. The third-order valence-electron chi connectivity index (χ3n) is 3.54. The third kappa shape index (κ3) is 6.30. The Labute approximate surface area is 127 Å². The van der Waals surface area contributed by atoms with Gasteiger partial charge in [-0.1, -0.05) is 0 Å². The summed E-state index contributed by atoms with van der Waals surface area (Å²) in [6.07, 6.45) is 2.66. The first-order valence-electron chi connectivity index (χ1n) is 7.68. The van der Waals surface area contributed by atoms with Gasteiger partial charge >= 0.3 is 5.97 Å². The molecule has 124 valence electrons. The van der Waals surface area contributed by atoms with Crippen LogP contribution in [-0.4, -0.2) is 62.8 Å². The van der Waals surface area contributed by atoms with Gasteiger partial charge in [0.1, 0.15) is 5.54 Å². The van der Waals surface area contributed by atoms with Crippen molar-refractivity contribution in [3.63, 3.8) is 0 Å². The molecule has 0 saturated heterocycles. The van der Waals surface area contributed by atoms with Crippen molar-refractivity contribution in [1.29, 1.82) is 0 Å². The molecule has 21 heavy (non-hydrogen) atoms. The zero-order valence-corrected chi connectivity index (χ0v) is 13.4. The maximum absolute atomic E-state index is 11.7. The Morgan fingerprint density at radius 2 is 1.90 bits per heavy atom. The number of hydrogen-bond acceptors (Lipinski definition) is 5. The van der Waals surface area contributed by atoms with Gasteiger partial charge in [-0.15, -0.1) is 0 Å². The summed E-state index contributed by atoms with van der Waals surface area (Å²) in [6, 6.07) is 0.114. The monoisotopic (exact) mass is 303 g/mol. The highest BCUT2D eigenvalue weighted by atomic mass is 16.5. The highest BCUT2D eigenvalue weighted by Crippen LogP contribution is 2.40. The van der Waals surface area contributed by atoms with E-state index in [0.29, 0.717) is 26.4 Å². The predicted octanol–water partition coefficient (Wildman–Crippen LogP) is 1.29. The Bertz CT molecular complexity index is 306. The van der Waals surface area contributed by atoms with E-state index in [2.05, 4.69) is 5.32 Å². The van der Waals surface area contributed by atoms with Crippen LogP contribution in [0.25, 0.3) is 0 Å². The van der Waals surface area contributed by atoms with Crippen molar-refractivity contribution >= 4 is 5.97 Å². The molecule has 1 saturated carbocycles. The summed E-state index contributed by atoms with van der Waals surface area (Å²) in [5.74, 6) is -0.634. The lowest BCUT2D eigenvalue weighted by molar-refractivity contribution is -0.149. The molecule has 1 atom stereocenters. The molecule has 1 fully saturated rings. The molecule has 0 aromatic heterocycles. The number of hydrogen-bond donors (Lipinski definition) is 2. The molecule has 2 N–H and O–H groups in total. The number of carboxylic acids is 1. The minimum atomic E-state index is -0.939. The average molecular weight is 303 g/mol. The van der Waals surface area contributed by atoms with E-state index in [1.54, 1.807) is 7.11 Å². The molecule has 0 aromatic carbocycles. The van der Waals surface area contributed by atoms with Crippen LogP contribution >= 0.6 is 0 Å². The van der Waals surface area contributed by atoms with Gasteiger partial charge in [0.05, 0.1) is 19.8 Å². The summed E-state index contributed by atoms with van der Waals surface area (Å²) >= 11 is 0. The molecule has 0 spiro atoms. The van der Waals surface area contributed by atoms with Crippen LogP contribution in [0.3, 0.4) is 0 Å². The zero-order chi connectivity index (χ0) is 15.7. The number of carbonyl (C=O) groups is 1. The van der Waals surface area contributed by atoms with E-state index in [0.717, 1.165) is 19.3 Å². The van der Waals surface area contributed by atoms with Crippen molar-refractivity contribution in [1.82, 2.24) is 5.32 Å². The van der Waals surface area contributed by atoms with Gasteiger partial charge in [0.2, 0.25) is 0 Å². The zero-order valence-electron chi connectivity index (χ0n) is 13.4.